The van der Waals surface area contributed by atoms with Gasteiger partial charge < -0.3 is 0 Å². The number of aromatic nitrogens is 2. The molecule has 0 atom stereocenters. The highest BCUT2D eigenvalue weighted by Gasteiger charge is 2.51. The molecule has 0 saturated heterocycles. The van der Waals surface area contributed by atoms with Gasteiger partial charge in [0.15, 0.2) is 0 Å². The van der Waals surface area contributed by atoms with Crippen molar-refractivity contribution in [1.82, 2.24) is 9.97 Å². The Morgan fingerprint density at radius 3 is 2.05 bits per heavy atom. The van der Waals surface area contributed by atoms with E-state index in [2.05, 4.69) is 118 Å². The van der Waals surface area contributed by atoms with Crippen LogP contribution in [0.25, 0.3) is 44.1 Å². The second-order valence-electron chi connectivity index (χ2n) is 11.4. The highest BCUT2D eigenvalue weighted by molar-refractivity contribution is 6.09. The van der Waals surface area contributed by atoms with Crippen LogP contribution in [-0.2, 0) is 10.8 Å². The van der Waals surface area contributed by atoms with E-state index >= 15 is 0 Å². The molecule has 0 N–H and O–H groups in total. The van der Waals surface area contributed by atoms with Gasteiger partial charge in [0, 0.05) is 28.3 Å². The monoisotopic (exact) mass is 474 g/mol. The number of hydrogen-bond acceptors (Lipinski definition) is 2. The van der Waals surface area contributed by atoms with Crippen LogP contribution in [0.2, 0.25) is 0 Å². The van der Waals surface area contributed by atoms with Gasteiger partial charge in [0.25, 0.3) is 0 Å². The molecule has 2 aliphatic carbocycles. The smallest absolute Gasteiger partial charge is 0.0802 e. The summed E-state index contributed by atoms with van der Waals surface area (Å²) in [5, 5.41) is 3.71. The van der Waals surface area contributed by atoms with Crippen molar-refractivity contribution in [3.8, 4) is 22.4 Å². The van der Waals surface area contributed by atoms with Gasteiger partial charge in [0.05, 0.1) is 16.6 Å². The molecule has 0 radical (unpaired) electrons. The highest BCUT2D eigenvalue weighted by Crippen LogP contribution is 2.62. The third-order valence-electron chi connectivity index (χ3n) is 8.40. The van der Waals surface area contributed by atoms with E-state index in [-0.39, 0.29) is 5.41 Å². The van der Waals surface area contributed by atoms with Crippen molar-refractivity contribution in [2.24, 2.45) is 0 Å². The van der Waals surface area contributed by atoms with Crippen molar-refractivity contribution < 1.29 is 0 Å². The molecule has 4 aromatic carbocycles. The van der Waals surface area contributed by atoms with Crippen LogP contribution >= 0.6 is 0 Å². The first-order chi connectivity index (χ1) is 18.0. The maximum absolute atomic E-state index is 5.21. The zero-order valence-corrected chi connectivity index (χ0v) is 21.2. The Bertz CT molecular complexity index is 1880. The van der Waals surface area contributed by atoms with Gasteiger partial charge >= 0.3 is 0 Å². The van der Waals surface area contributed by atoms with Crippen LogP contribution < -0.4 is 0 Å². The number of hydrogen-bond donors (Lipinski definition) is 0. The van der Waals surface area contributed by atoms with Crippen molar-refractivity contribution in [2.75, 3.05) is 0 Å². The average Bonchev–Trinajstić information content (AvgIpc) is 3.21. The van der Waals surface area contributed by atoms with Crippen molar-refractivity contribution in [2.45, 2.75) is 31.6 Å². The second kappa shape index (κ2) is 6.92. The zero-order chi connectivity index (χ0) is 24.9. The summed E-state index contributed by atoms with van der Waals surface area (Å²) in [7, 11) is 0. The Kier molecular flexibility index (Phi) is 3.90. The van der Waals surface area contributed by atoms with Crippen LogP contribution in [-0.4, -0.2) is 9.97 Å². The molecule has 2 heteroatoms. The Morgan fingerprint density at radius 1 is 0.649 bits per heavy atom. The van der Waals surface area contributed by atoms with Crippen LogP contribution in [0.4, 0.5) is 0 Å². The minimum Gasteiger partial charge on any atom is -0.255 e. The first-order valence-corrected chi connectivity index (χ1v) is 13.0. The van der Waals surface area contributed by atoms with Crippen LogP contribution in [0.3, 0.4) is 0 Å². The summed E-state index contributed by atoms with van der Waals surface area (Å²) in [5.74, 6) is 0. The fourth-order valence-corrected chi connectivity index (χ4v) is 6.87. The Balaban J connectivity index is 1.71. The van der Waals surface area contributed by atoms with E-state index in [4.69, 9.17) is 9.97 Å². The molecule has 0 aliphatic heterocycles. The first-order valence-electron chi connectivity index (χ1n) is 13.0. The number of nitrogens with zero attached hydrogens (tertiary/aromatic N) is 2. The van der Waals surface area contributed by atoms with Crippen molar-refractivity contribution in [1.29, 1.82) is 0 Å². The standard InChI is InChI=1S/C35H26N2/c1-34(2,3)30-20-28-31-29(37-30)18-19-36-33(31)25-17-16-21-10-4-5-11-22(21)32(25)35(28)26-14-8-6-12-23(26)24-13-7-9-15-27(24)35/h4-20H,1-3H3. The molecule has 0 amide bonds. The minimum absolute atomic E-state index is 0.0913. The normalized spacial score (nSPS) is 14.6. The van der Waals surface area contributed by atoms with E-state index in [1.54, 1.807) is 0 Å². The summed E-state index contributed by atoms with van der Waals surface area (Å²) >= 11 is 0. The number of rotatable bonds is 0. The van der Waals surface area contributed by atoms with E-state index in [0.717, 1.165) is 16.9 Å². The zero-order valence-electron chi connectivity index (χ0n) is 21.2. The highest BCUT2D eigenvalue weighted by atomic mass is 14.8. The molecule has 176 valence electrons. The molecule has 2 nitrogen and oxygen atoms in total. The Hall–Kier alpha value is -4.30. The summed E-state index contributed by atoms with van der Waals surface area (Å²) in [4.78, 5) is 10.2. The largest absolute Gasteiger partial charge is 0.255 e. The summed E-state index contributed by atoms with van der Waals surface area (Å²) in [5.41, 5.74) is 11.8. The van der Waals surface area contributed by atoms with Gasteiger partial charge in [-0.1, -0.05) is 106 Å². The van der Waals surface area contributed by atoms with Gasteiger partial charge in [-0.25, -0.2) is 0 Å². The van der Waals surface area contributed by atoms with Crippen molar-refractivity contribution in [3.63, 3.8) is 0 Å². The molecule has 37 heavy (non-hydrogen) atoms. The van der Waals surface area contributed by atoms with Crippen LogP contribution in [0.15, 0.2) is 103 Å². The fraction of sp³-hybridized carbons (Fsp3) is 0.143. The molecular weight excluding hydrogens is 448 g/mol. The van der Waals surface area contributed by atoms with Crippen LogP contribution in [0.1, 0.15) is 48.7 Å². The maximum atomic E-state index is 5.21. The topological polar surface area (TPSA) is 25.8 Å². The lowest BCUT2D eigenvalue weighted by atomic mass is 9.61. The summed E-state index contributed by atoms with van der Waals surface area (Å²) in [6.07, 6.45) is 1.92. The predicted molar refractivity (Wildman–Crippen MR) is 152 cm³/mol. The number of fused-ring (bicyclic) bond motifs is 11. The molecule has 8 rings (SSSR count). The lowest BCUT2D eigenvalue weighted by Gasteiger charge is -2.41. The predicted octanol–water partition coefficient (Wildman–Crippen LogP) is 8.42. The summed E-state index contributed by atoms with van der Waals surface area (Å²) in [6.45, 7) is 6.77. The molecule has 2 aliphatic rings. The molecule has 2 aromatic heterocycles. The average molecular weight is 475 g/mol. The van der Waals surface area contributed by atoms with Crippen molar-refractivity contribution >= 4 is 21.7 Å². The van der Waals surface area contributed by atoms with E-state index < -0.39 is 5.41 Å². The molecule has 6 aromatic rings. The van der Waals surface area contributed by atoms with E-state index in [0.29, 0.717) is 0 Å². The lowest BCUT2D eigenvalue weighted by molar-refractivity contribution is 0.569. The van der Waals surface area contributed by atoms with Gasteiger partial charge in [-0.2, -0.15) is 0 Å². The molecule has 2 heterocycles. The van der Waals surface area contributed by atoms with Gasteiger partial charge in [-0.3, -0.25) is 9.97 Å². The van der Waals surface area contributed by atoms with Crippen LogP contribution in [0.5, 0.6) is 0 Å². The SMILES string of the molecule is CC(C)(C)c1cc2c3c(nccc3n1)-c1ccc3ccccc3c1C21c2ccccc2-c2ccccc21. The molecular formula is C35H26N2. The van der Waals surface area contributed by atoms with Gasteiger partial charge in [0.1, 0.15) is 0 Å². The number of pyridine rings is 2. The summed E-state index contributed by atoms with van der Waals surface area (Å²) in [6, 6.07) is 35.8. The van der Waals surface area contributed by atoms with Gasteiger partial charge in [-0.05, 0) is 56.3 Å². The van der Waals surface area contributed by atoms with E-state index in [1.165, 1.54) is 55.1 Å². The molecule has 0 fully saturated rings. The maximum Gasteiger partial charge on any atom is 0.0802 e. The van der Waals surface area contributed by atoms with Gasteiger partial charge in [0.2, 0.25) is 0 Å². The van der Waals surface area contributed by atoms with Crippen molar-refractivity contribution in [3.05, 3.63) is 131 Å². The first kappa shape index (κ1) is 20.8. The Morgan fingerprint density at radius 2 is 1.32 bits per heavy atom. The minimum atomic E-state index is -0.458. The van der Waals surface area contributed by atoms with E-state index in [9.17, 15) is 0 Å². The summed E-state index contributed by atoms with van der Waals surface area (Å²) < 4.78 is 0. The molecule has 0 bridgehead atoms. The Labute approximate surface area is 216 Å². The second-order valence-corrected chi connectivity index (χ2v) is 11.4. The lowest BCUT2D eigenvalue weighted by Crippen LogP contribution is -2.33. The quantitative estimate of drug-likeness (QED) is 0.220. The third kappa shape index (κ3) is 2.50. The molecule has 0 saturated carbocycles. The molecule has 1 spiro atoms. The third-order valence-corrected chi connectivity index (χ3v) is 8.40. The number of benzene rings is 4. The fourth-order valence-electron chi connectivity index (χ4n) is 6.87. The van der Waals surface area contributed by atoms with Crippen LogP contribution in [0, 0.1) is 0 Å². The van der Waals surface area contributed by atoms with Gasteiger partial charge in [-0.15, -0.1) is 0 Å². The molecule has 0 unspecified atom stereocenters. The van der Waals surface area contributed by atoms with E-state index in [1.807, 2.05) is 6.20 Å².